The number of rotatable bonds is 9. The summed E-state index contributed by atoms with van der Waals surface area (Å²) in [5.41, 5.74) is 0.914. The number of benzene rings is 1. The normalized spacial score (nSPS) is 13.2. The molecule has 5 heteroatoms. The van der Waals surface area contributed by atoms with Gasteiger partial charge in [0.05, 0.1) is 10.6 Å². The highest BCUT2D eigenvalue weighted by atomic mass is 32.2. The van der Waals surface area contributed by atoms with Gasteiger partial charge in [0, 0.05) is 18.8 Å². The van der Waals surface area contributed by atoms with E-state index in [1.807, 2.05) is 6.92 Å². The summed E-state index contributed by atoms with van der Waals surface area (Å²) < 4.78 is 23.8. The number of aliphatic hydroxyl groups excluding tert-OH is 1. The average molecular weight is 299 g/mol. The fourth-order valence-electron chi connectivity index (χ4n) is 2.06. The topological polar surface area (TPSA) is 66.4 Å². The Hall–Kier alpha value is -1.07. The van der Waals surface area contributed by atoms with Crippen LogP contribution in [0.25, 0.3) is 0 Å². The molecular formula is C15H25NO3S. The molecule has 0 aromatic heterocycles. The van der Waals surface area contributed by atoms with Gasteiger partial charge in [-0.05, 0) is 43.0 Å². The van der Waals surface area contributed by atoms with Crippen LogP contribution in [0.1, 0.15) is 33.1 Å². The van der Waals surface area contributed by atoms with Gasteiger partial charge in [-0.25, -0.2) is 8.42 Å². The predicted molar refractivity (Wildman–Crippen MR) is 82.8 cm³/mol. The minimum atomic E-state index is -3.13. The monoisotopic (exact) mass is 299 g/mol. The molecule has 1 atom stereocenters. The van der Waals surface area contributed by atoms with Crippen molar-refractivity contribution in [3.8, 4) is 0 Å². The van der Waals surface area contributed by atoms with E-state index in [0.717, 1.165) is 25.1 Å². The maximum absolute atomic E-state index is 11.9. The van der Waals surface area contributed by atoms with E-state index in [9.17, 15) is 8.42 Å². The predicted octanol–water partition coefficient (Wildman–Crippen LogP) is 2.69. The summed E-state index contributed by atoms with van der Waals surface area (Å²) in [6, 6.07) is 6.91. The van der Waals surface area contributed by atoms with Crippen molar-refractivity contribution < 1.29 is 13.5 Å². The third-order valence-corrected chi connectivity index (χ3v) is 5.33. The van der Waals surface area contributed by atoms with E-state index >= 15 is 0 Å². The van der Waals surface area contributed by atoms with Crippen LogP contribution in [-0.4, -0.2) is 32.4 Å². The molecule has 0 aliphatic carbocycles. The first-order valence-electron chi connectivity index (χ1n) is 7.21. The first-order valence-corrected chi connectivity index (χ1v) is 8.86. The Morgan fingerprint density at radius 2 is 1.85 bits per heavy atom. The van der Waals surface area contributed by atoms with E-state index < -0.39 is 9.84 Å². The Bertz CT molecular complexity index is 482. The van der Waals surface area contributed by atoms with Crippen LogP contribution < -0.4 is 5.32 Å². The Morgan fingerprint density at radius 3 is 2.35 bits per heavy atom. The van der Waals surface area contributed by atoms with Gasteiger partial charge in [0.1, 0.15) is 0 Å². The molecule has 0 aliphatic rings. The van der Waals surface area contributed by atoms with E-state index in [-0.39, 0.29) is 12.4 Å². The molecule has 0 bridgehead atoms. The summed E-state index contributed by atoms with van der Waals surface area (Å²) in [4.78, 5) is 0.382. The lowest BCUT2D eigenvalue weighted by Gasteiger charge is -2.15. The smallest absolute Gasteiger partial charge is 0.178 e. The van der Waals surface area contributed by atoms with Crippen molar-refractivity contribution in [1.82, 2.24) is 0 Å². The zero-order chi connectivity index (χ0) is 15.0. The van der Waals surface area contributed by atoms with E-state index in [1.165, 1.54) is 0 Å². The summed E-state index contributed by atoms with van der Waals surface area (Å²) in [5, 5.41) is 12.2. The molecule has 20 heavy (non-hydrogen) atoms. The van der Waals surface area contributed by atoms with Crippen molar-refractivity contribution in [1.29, 1.82) is 0 Å². The molecule has 1 unspecified atom stereocenters. The number of hydrogen-bond donors (Lipinski definition) is 2. The maximum atomic E-state index is 11.9. The van der Waals surface area contributed by atoms with Gasteiger partial charge in [-0.15, -0.1) is 0 Å². The zero-order valence-electron chi connectivity index (χ0n) is 12.3. The summed E-state index contributed by atoms with van der Waals surface area (Å²) in [7, 11) is -3.13. The minimum Gasteiger partial charge on any atom is -0.396 e. The van der Waals surface area contributed by atoms with Gasteiger partial charge in [-0.3, -0.25) is 0 Å². The molecule has 0 fully saturated rings. The number of hydrogen-bond acceptors (Lipinski definition) is 4. The van der Waals surface area contributed by atoms with Crippen molar-refractivity contribution in [2.75, 3.05) is 24.2 Å². The first-order chi connectivity index (χ1) is 9.53. The lowest BCUT2D eigenvalue weighted by Crippen LogP contribution is -2.15. The lowest BCUT2D eigenvalue weighted by atomic mass is 10.0. The van der Waals surface area contributed by atoms with Crippen LogP contribution >= 0.6 is 0 Å². The van der Waals surface area contributed by atoms with Crippen LogP contribution in [-0.2, 0) is 9.84 Å². The van der Waals surface area contributed by atoms with E-state index in [4.69, 9.17) is 5.11 Å². The highest BCUT2D eigenvalue weighted by Gasteiger charge is 2.12. The highest BCUT2D eigenvalue weighted by molar-refractivity contribution is 7.91. The third kappa shape index (κ3) is 5.13. The van der Waals surface area contributed by atoms with Gasteiger partial charge in [0.2, 0.25) is 0 Å². The van der Waals surface area contributed by atoms with Crippen LogP contribution in [0.4, 0.5) is 5.69 Å². The van der Waals surface area contributed by atoms with Crippen molar-refractivity contribution in [2.45, 2.75) is 38.0 Å². The first kappa shape index (κ1) is 17.0. The van der Waals surface area contributed by atoms with Crippen molar-refractivity contribution in [3.05, 3.63) is 24.3 Å². The van der Waals surface area contributed by atoms with Crippen LogP contribution in [0.2, 0.25) is 0 Å². The van der Waals surface area contributed by atoms with E-state index in [0.29, 0.717) is 17.2 Å². The molecule has 0 radical (unpaired) electrons. The minimum absolute atomic E-state index is 0.189. The van der Waals surface area contributed by atoms with Crippen molar-refractivity contribution >= 4 is 15.5 Å². The molecule has 114 valence electrons. The second kappa shape index (κ2) is 8.27. The summed E-state index contributed by atoms with van der Waals surface area (Å²) in [6.45, 7) is 4.95. The van der Waals surface area contributed by atoms with Crippen LogP contribution in [0.5, 0.6) is 0 Å². The average Bonchev–Trinajstić information content (AvgIpc) is 2.44. The van der Waals surface area contributed by atoms with E-state index in [2.05, 4.69) is 12.2 Å². The summed E-state index contributed by atoms with van der Waals surface area (Å²) >= 11 is 0. The van der Waals surface area contributed by atoms with E-state index in [1.54, 1.807) is 24.3 Å². The molecule has 0 saturated heterocycles. The number of anilines is 1. The molecule has 1 rings (SSSR count). The van der Waals surface area contributed by atoms with Gasteiger partial charge in [-0.1, -0.05) is 20.3 Å². The SMILES string of the molecule is CCCS(=O)(=O)c1ccc(NCC(CC)CCO)cc1. The van der Waals surface area contributed by atoms with Gasteiger partial charge in [0.15, 0.2) is 9.84 Å². The molecule has 0 heterocycles. The Morgan fingerprint density at radius 1 is 1.20 bits per heavy atom. The summed E-state index contributed by atoms with van der Waals surface area (Å²) in [6.07, 6.45) is 2.42. The number of aliphatic hydroxyl groups is 1. The fraction of sp³-hybridized carbons (Fsp3) is 0.600. The van der Waals surface area contributed by atoms with Crippen LogP contribution in [0.15, 0.2) is 29.2 Å². The molecule has 2 N–H and O–H groups in total. The molecule has 1 aromatic carbocycles. The zero-order valence-corrected chi connectivity index (χ0v) is 13.1. The van der Waals surface area contributed by atoms with Gasteiger partial charge >= 0.3 is 0 Å². The second-order valence-electron chi connectivity index (χ2n) is 5.01. The number of nitrogens with one attached hydrogen (secondary N) is 1. The molecule has 4 nitrogen and oxygen atoms in total. The fourth-order valence-corrected chi connectivity index (χ4v) is 3.39. The molecule has 0 saturated carbocycles. The Labute approximate surface area is 122 Å². The lowest BCUT2D eigenvalue weighted by molar-refractivity contribution is 0.258. The van der Waals surface area contributed by atoms with Gasteiger partial charge in [-0.2, -0.15) is 0 Å². The molecule has 1 aromatic rings. The maximum Gasteiger partial charge on any atom is 0.178 e. The van der Waals surface area contributed by atoms with Gasteiger partial charge < -0.3 is 10.4 Å². The molecule has 0 aliphatic heterocycles. The summed E-state index contributed by atoms with van der Waals surface area (Å²) in [5.74, 6) is 0.622. The standard InChI is InChI=1S/C15H25NO3S/c1-3-11-20(18,19)15-7-5-14(6-8-15)16-12-13(4-2)9-10-17/h5-8,13,16-17H,3-4,9-12H2,1-2H3. The Balaban J connectivity index is 2.63. The van der Waals surface area contributed by atoms with Crippen LogP contribution in [0.3, 0.4) is 0 Å². The molecular weight excluding hydrogens is 274 g/mol. The van der Waals surface area contributed by atoms with Crippen LogP contribution in [0, 0.1) is 5.92 Å². The number of sulfone groups is 1. The highest BCUT2D eigenvalue weighted by Crippen LogP contribution is 2.17. The Kier molecular flexibility index (Phi) is 7.02. The van der Waals surface area contributed by atoms with Crippen molar-refractivity contribution in [3.63, 3.8) is 0 Å². The molecule has 0 amide bonds. The quantitative estimate of drug-likeness (QED) is 0.736. The van der Waals surface area contributed by atoms with Crippen molar-refractivity contribution in [2.24, 2.45) is 5.92 Å². The molecule has 0 spiro atoms. The third-order valence-electron chi connectivity index (χ3n) is 3.40. The largest absolute Gasteiger partial charge is 0.396 e. The van der Waals surface area contributed by atoms with Gasteiger partial charge in [0.25, 0.3) is 0 Å². The second-order valence-corrected chi connectivity index (χ2v) is 7.12.